The number of carboxylic acid groups (broad SMARTS) is 4. The molecule has 1 saturated carbocycles. The first-order valence-corrected chi connectivity index (χ1v) is 42.7. The van der Waals surface area contributed by atoms with Gasteiger partial charge in [-0.25, -0.2) is 4.79 Å². The van der Waals surface area contributed by atoms with Crippen LogP contribution in [0.5, 0.6) is 0 Å². The van der Waals surface area contributed by atoms with Crippen LogP contribution in [0, 0.1) is 23.2 Å². The number of ketones is 5. The number of Topliss-reactive ketones (excluding diaryl/α,β-unsaturated/α-hetero) is 5. The zero-order chi connectivity index (χ0) is 94.2. The second kappa shape index (κ2) is 54.8. The number of aliphatic carboxylic acids is 4. The van der Waals surface area contributed by atoms with Crippen LogP contribution in [-0.2, 0) is 71.9 Å². The van der Waals surface area contributed by atoms with Crippen LogP contribution < -0.4 is 58.1 Å². The molecule has 43 heteroatoms. The molecule has 1 aliphatic carbocycles. The highest BCUT2D eigenvalue weighted by Gasteiger charge is 2.42. The van der Waals surface area contributed by atoms with Crippen molar-refractivity contribution in [2.24, 2.45) is 28.9 Å². The summed E-state index contributed by atoms with van der Waals surface area (Å²) in [5.74, 6) is -21.9. The summed E-state index contributed by atoms with van der Waals surface area (Å²) in [7, 11) is 0. The largest absolute Gasteiger partial charge is 0.481 e. The highest BCUT2D eigenvalue weighted by atomic mass is 32.1. The molecule has 0 saturated heterocycles. The van der Waals surface area contributed by atoms with Gasteiger partial charge < -0.3 is 130 Å². The molecule has 2 aromatic rings. The Balaban J connectivity index is 1.50. The van der Waals surface area contributed by atoms with Crippen molar-refractivity contribution in [2.45, 2.75) is 266 Å². The van der Waals surface area contributed by atoms with Crippen molar-refractivity contribution in [2.75, 3.05) is 66.8 Å². The van der Waals surface area contributed by atoms with Gasteiger partial charge in [-0.3, -0.25) is 76.7 Å². The fourth-order valence-corrected chi connectivity index (χ4v) is 14.3. The Bertz CT molecular complexity index is 4020. The average molecular weight is 1810 g/mol. The fourth-order valence-electron chi connectivity index (χ4n) is 14.0. The van der Waals surface area contributed by atoms with Gasteiger partial charge in [0, 0.05) is 124 Å². The standard InChI is InChI=1S/C83H125N11O31S/c1-83(2,3)66(105)41-94-57-21-14-13-20-56(57)93(50-18-9-8-10-19-50)40-55(80(94)122)92-82(125)88-49-17-15-16-45(32-49)58(97)22-11-6-4-5-7-12-23-69(108)89-52(26-30-70(109)110)59(98)34-47(25-29-68(107)86-39-63(102)74(116)76(118)65(104)43-96)78(120)90-53(27-31-71(111)112)60(99)33-46(24-28-67(106)85-38-62(101)73(115)75(117)64(103)42-95)77(119)87-37-51(84)79(121)91-54(36-72(113)114)61(100)35-48(44-126)81(123)124/h13-17,20-21,32,46-48,50-55,62-65,73-76,95-96,101-104,115-118,126H,4-12,18-19,22-31,33-44,84H2,1-3H3,(H,85,106)(H,86,107)(H,87,119)(H,89,108)(H,90,120)(H,91,121)(H,109,110)(H,111,112)(H,113,114)(H,123,124)(H2,88,92,125)/t46-,47-,48+,51+,52+,53+,54+,55-,62-,63-,64+,65+,73+,74+,75+,76+/m1/s1. The first-order chi connectivity index (χ1) is 59.4. The van der Waals surface area contributed by atoms with Gasteiger partial charge in [-0.1, -0.05) is 90.0 Å². The van der Waals surface area contributed by atoms with Gasteiger partial charge in [-0.05, 0) is 75.6 Å². The summed E-state index contributed by atoms with van der Waals surface area (Å²) >= 11 is 3.88. The highest BCUT2D eigenvalue weighted by Crippen LogP contribution is 2.38. The predicted molar refractivity (Wildman–Crippen MR) is 451 cm³/mol. The van der Waals surface area contributed by atoms with Gasteiger partial charge in [-0.15, -0.1) is 0 Å². The van der Waals surface area contributed by atoms with E-state index in [1.54, 1.807) is 45.0 Å². The molecule has 1 fully saturated rings. The van der Waals surface area contributed by atoms with Gasteiger partial charge in [-0.2, -0.15) is 12.6 Å². The maximum absolute atomic E-state index is 14.7. The van der Waals surface area contributed by atoms with Gasteiger partial charge in [0.2, 0.25) is 35.4 Å². The molecule has 24 N–H and O–H groups in total. The number of rotatable bonds is 60. The third kappa shape index (κ3) is 37.5. The van der Waals surface area contributed by atoms with Crippen LogP contribution in [0.15, 0.2) is 48.5 Å². The Labute approximate surface area is 733 Å². The van der Waals surface area contributed by atoms with Crippen molar-refractivity contribution < 1.29 is 153 Å². The summed E-state index contributed by atoms with van der Waals surface area (Å²) in [6.07, 6.45) is -18.4. The van der Waals surface area contributed by atoms with Crippen molar-refractivity contribution in [1.29, 1.82) is 0 Å². The molecule has 0 radical (unpaired) electrons. The number of nitrogens with one attached hydrogen (secondary N) is 8. The van der Waals surface area contributed by atoms with Crippen LogP contribution in [0.3, 0.4) is 0 Å². The number of carbonyl (C=O) groups is 17. The average Bonchev–Trinajstić information content (AvgIpc) is 1.62. The topological polar surface area (TPSA) is 702 Å². The number of hydrogen-bond donors (Lipinski definition) is 24. The Kier molecular flexibility index (Phi) is 47.1. The highest BCUT2D eigenvalue weighted by molar-refractivity contribution is 7.80. The second-order valence-electron chi connectivity index (χ2n) is 32.8. The summed E-state index contributed by atoms with van der Waals surface area (Å²) in [5.41, 5.74) is 7.24. The molecule has 16 atom stereocenters. The van der Waals surface area contributed by atoms with Crippen LogP contribution in [0.25, 0.3) is 0 Å². The van der Waals surface area contributed by atoms with E-state index in [0.29, 0.717) is 43.4 Å². The second-order valence-corrected chi connectivity index (χ2v) is 33.1. The lowest BCUT2D eigenvalue weighted by molar-refractivity contribution is -0.144. The molecular formula is C83H125N11O31S. The number of urea groups is 1. The van der Waals surface area contributed by atoms with Crippen molar-refractivity contribution in [3.8, 4) is 0 Å². The number of aliphatic hydroxyl groups is 10. The van der Waals surface area contributed by atoms with E-state index in [-0.39, 0.29) is 61.4 Å². The smallest absolute Gasteiger partial charge is 0.319 e. The van der Waals surface area contributed by atoms with Crippen LogP contribution in [0.4, 0.5) is 21.9 Å². The SMILES string of the molecule is CC(C)(C)C(=O)CN1C(=O)[C@H](NC(=O)Nc2cccc(C(=O)CCCCCCCCC(=O)N[C@@H](CCC(=O)O)C(=O)C[C@@H](CCC(=O)NC[C@@H](O)[C@H](O)[C@@H](O)[C@@H](O)CO)C(=O)N[C@@H](CCC(=O)O)C(=O)C[C@@H](CCC(=O)NC[C@@H](O)[C@H](O)[C@@H](O)[C@@H](O)CO)C(=O)NC[C@H](N)C(=O)N[C@@H](CC(=O)O)C(=O)C[C@@H](CS)C(=O)O)c2)CN(C2CCCCC2)c2ccccc21. The summed E-state index contributed by atoms with van der Waals surface area (Å²) in [5, 5.41) is 157. The number of nitrogens with zero attached hydrogens (tertiary/aromatic N) is 2. The van der Waals surface area contributed by atoms with Crippen molar-refractivity contribution in [3.05, 3.63) is 54.1 Å². The van der Waals surface area contributed by atoms with Crippen molar-refractivity contribution in [1.82, 2.24) is 37.2 Å². The molecule has 0 spiro atoms. The van der Waals surface area contributed by atoms with Gasteiger partial charge in [0.05, 0.1) is 73.8 Å². The molecule has 1 heterocycles. The van der Waals surface area contributed by atoms with Crippen LogP contribution in [0.2, 0.25) is 0 Å². The first kappa shape index (κ1) is 108. The van der Waals surface area contributed by atoms with E-state index >= 15 is 0 Å². The van der Waals surface area contributed by atoms with Crippen LogP contribution in [-0.4, -0.2) is 308 Å². The Morgan fingerprint density at radius 3 is 1.49 bits per heavy atom. The maximum atomic E-state index is 14.7. The summed E-state index contributed by atoms with van der Waals surface area (Å²) in [4.78, 5) is 231. The number of carboxylic acids is 4. The summed E-state index contributed by atoms with van der Waals surface area (Å²) in [6.45, 7) is 0.617. The van der Waals surface area contributed by atoms with Gasteiger partial charge in [0.1, 0.15) is 48.7 Å². The minimum absolute atomic E-state index is 0.0916. The molecule has 1 aliphatic heterocycles. The first-order valence-electron chi connectivity index (χ1n) is 42.0. The van der Waals surface area contributed by atoms with E-state index in [9.17, 15) is 153 Å². The monoisotopic (exact) mass is 1800 g/mol. The number of hydrogen-bond acceptors (Lipinski definition) is 30. The maximum Gasteiger partial charge on any atom is 0.319 e. The molecule has 0 bridgehead atoms. The number of unbranched alkanes of at least 4 members (excludes halogenated alkanes) is 5. The lowest BCUT2D eigenvalue weighted by atomic mass is 9.89. The third-order valence-electron chi connectivity index (χ3n) is 21.8. The molecule has 704 valence electrons. The van der Waals surface area contributed by atoms with E-state index in [0.717, 1.165) is 37.8 Å². The number of amides is 9. The molecule has 126 heavy (non-hydrogen) atoms. The van der Waals surface area contributed by atoms with Crippen LogP contribution >= 0.6 is 12.6 Å². The number of thiol groups is 1. The number of anilines is 3. The molecule has 9 amide bonds. The number of nitrogens with two attached hydrogens (primary N) is 1. The third-order valence-corrected chi connectivity index (χ3v) is 22.2. The lowest BCUT2D eigenvalue weighted by Crippen LogP contribution is -2.55. The molecule has 4 rings (SSSR count). The number of aliphatic hydroxyl groups excluding tert-OH is 10. The molecule has 2 aliphatic rings. The number of fused-ring (bicyclic) bond motifs is 1. The Morgan fingerprint density at radius 1 is 0.500 bits per heavy atom. The predicted octanol–water partition coefficient (Wildman–Crippen LogP) is -2.21. The van der Waals surface area contributed by atoms with Gasteiger partial charge in [0.15, 0.2) is 28.9 Å². The molecule has 42 nitrogen and oxygen atoms in total. The zero-order valence-corrected chi connectivity index (χ0v) is 71.8. The molecule has 2 aromatic carbocycles. The minimum Gasteiger partial charge on any atom is -0.481 e. The van der Waals surface area contributed by atoms with E-state index in [2.05, 4.69) is 60.1 Å². The Morgan fingerprint density at radius 2 is 0.984 bits per heavy atom. The zero-order valence-electron chi connectivity index (χ0n) is 70.9. The number of para-hydroxylation sites is 2. The lowest BCUT2D eigenvalue weighted by Gasteiger charge is -2.37. The number of benzene rings is 2. The minimum atomic E-state index is -2.15. The van der Waals surface area contributed by atoms with Crippen LogP contribution in [0.1, 0.15) is 192 Å². The van der Waals surface area contributed by atoms with Crippen molar-refractivity contribution in [3.63, 3.8) is 0 Å². The van der Waals surface area contributed by atoms with E-state index in [1.165, 1.54) is 11.0 Å². The Hall–Kier alpha value is -10.1. The summed E-state index contributed by atoms with van der Waals surface area (Å²) in [6, 6.07) is 4.78. The van der Waals surface area contributed by atoms with Crippen molar-refractivity contribution >= 4 is 130 Å². The molecule has 0 aromatic heterocycles. The van der Waals surface area contributed by atoms with E-state index in [1.807, 2.05) is 18.2 Å². The normalized spacial score (nSPS) is 17.2. The number of carbonyl (C=O) groups excluding carboxylic acids is 13. The van der Waals surface area contributed by atoms with E-state index in [4.69, 9.17) is 5.73 Å². The molecule has 0 unspecified atom stereocenters. The fraction of sp³-hybridized carbons (Fsp3) is 0.651. The quantitative estimate of drug-likeness (QED) is 0.0190. The molecular weight excluding hydrogens is 1680 g/mol. The summed E-state index contributed by atoms with van der Waals surface area (Å²) < 4.78 is 0. The van der Waals surface area contributed by atoms with Gasteiger partial charge >= 0.3 is 29.9 Å². The van der Waals surface area contributed by atoms with Gasteiger partial charge in [0.25, 0.3) is 5.91 Å². The van der Waals surface area contributed by atoms with E-state index < -0.39 is 301 Å².